The van der Waals surface area contributed by atoms with Crippen molar-refractivity contribution in [2.24, 2.45) is 5.73 Å². The number of hydrogen-bond acceptors (Lipinski definition) is 3. The SMILES string of the molecule is CCCN(CCC)c1ccc([C@H](N)CC)cn1. The van der Waals surface area contributed by atoms with Gasteiger partial charge in [0.1, 0.15) is 5.82 Å². The predicted octanol–water partition coefficient (Wildman–Crippen LogP) is 3.12. The Balaban J connectivity index is 2.76. The molecule has 3 nitrogen and oxygen atoms in total. The quantitative estimate of drug-likeness (QED) is 0.789. The van der Waals surface area contributed by atoms with Crippen LogP contribution in [0.3, 0.4) is 0 Å². The minimum atomic E-state index is 0.113. The monoisotopic (exact) mass is 235 g/mol. The molecule has 0 spiro atoms. The molecule has 0 fully saturated rings. The van der Waals surface area contributed by atoms with Gasteiger partial charge in [0, 0.05) is 25.3 Å². The molecule has 0 aliphatic carbocycles. The number of anilines is 1. The Labute approximate surface area is 105 Å². The molecule has 1 heterocycles. The lowest BCUT2D eigenvalue weighted by atomic mass is 10.1. The summed E-state index contributed by atoms with van der Waals surface area (Å²) < 4.78 is 0. The highest BCUT2D eigenvalue weighted by atomic mass is 15.2. The summed E-state index contributed by atoms with van der Waals surface area (Å²) in [6, 6.07) is 4.31. The van der Waals surface area contributed by atoms with Gasteiger partial charge in [-0.25, -0.2) is 4.98 Å². The molecule has 1 aromatic rings. The fourth-order valence-corrected chi connectivity index (χ4v) is 1.92. The Morgan fingerprint density at radius 1 is 1.18 bits per heavy atom. The van der Waals surface area contributed by atoms with Crippen LogP contribution in [0.5, 0.6) is 0 Å². The van der Waals surface area contributed by atoms with Gasteiger partial charge in [-0.1, -0.05) is 26.8 Å². The molecule has 0 aliphatic heterocycles. The summed E-state index contributed by atoms with van der Waals surface area (Å²) in [5, 5.41) is 0. The van der Waals surface area contributed by atoms with Crippen LogP contribution in [0.2, 0.25) is 0 Å². The molecule has 1 aromatic heterocycles. The third-order valence-corrected chi connectivity index (χ3v) is 2.95. The van der Waals surface area contributed by atoms with Gasteiger partial charge < -0.3 is 10.6 Å². The first-order valence-corrected chi connectivity index (χ1v) is 6.69. The van der Waals surface area contributed by atoms with Crippen molar-refractivity contribution >= 4 is 5.82 Å². The highest BCUT2D eigenvalue weighted by Gasteiger charge is 2.07. The van der Waals surface area contributed by atoms with Gasteiger partial charge in [0.15, 0.2) is 0 Å². The standard InChI is InChI=1S/C14H25N3/c1-4-9-17(10-5-2)14-8-7-12(11-16-14)13(15)6-3/h7-8,11,13H,4-6,9-10,15H2,1-3H3/t13-/m1/s1. The van der Waals surface area contributed by atoms with Gasteiger partial charge in [-0.15, -0.1) is 0 Å². The lowest BCUT2D eigenvalue weighted by Gasteiger charge is -2.23. The predicted molar refractivity (Wildman–Crippen MR) is 74.3 cm³/mol. The van der Waals surface area contributed by atoms with Crippen LogP contribution in [0.25, 0.3) is 0 Å². The van der Waals surface area contributed by atoms with E-state index in [0.29, 0.717) is 0 Å². The first-order valence-electron chi connectivity index (χ1n) is 6.69. The molecular formula is C14H25N3. The third-order valence-electron chi connectivity index (χ3n) is 2.95. The molecular weight excluding hydrogens is 210 g/mol. The Hall–Kier alpha value is -1.09. The molecule has 1 rings (SSSR count). The summed E-state index contributed by atoms with van der Waals surface area (Å²) in [6.45, 7) is 8.63. The lowest BCUT2D eigenvalue weighted by molar-refractivity contribution is 0.691. The molecule has 3 heteroatoms. The zero-order chi connectivity index (χ0) is 12.7. The smallest absolute Gasteiger partial charge is 0.128 e. The van der Waals surface area contributed by atoms with E-state index in [9.17, 15) is 0 Å². The maximum atomic E-state index is 5.98. The van der Waals surface area contributed by atoms with Gasteiger partial charge >= 0.3 is 0 Å². The first kappa shape index (κ1) is 14.0. The summed E-state index contributed by atoms with van der Waals surface area (Å²) >= 11 is 0. The highest BCUT2D eigenvalue weighted by Crippen LogP contribution is 2.17. The molecule has 17 heavy (non-hydrogen) atoms. The van der Waals surface area contributed by atoms with Crippen molar-refractivity contribution < 1.29 is 0 Å². The third kappa shape index (κ3) is 4.00. The molecule has 0 unspecified atom stereocenters. The van der Waals surface area contributed by atoms with E-state index < -0.39 is 0 Å². The second kappa shape index (κ2) is 7.28. The second-order valence-electron chi connectivity index (χ2n) is 4.45. The lowest BCUT2D eigenvalue weighted by Crippen LogP contribution is -2.25. The van der Waals surface area contributed by atoms with Crippen molar-refractivity contribution in [2.45, 2.75) is 46.1 Å². The number of nitrogens with zero attached hydrogens (tertiary/aromatic N) is 2. The van der Waals surface area contributed by atoms with Crippen LogP contribution in [0, 0.1) is 0 Å². The number of rotatable bonds is 7. The molecule has 0 radical (unpaired) electrons. The van der Waals surface area contributed by atoms with Gasteiger partial charge in [0.25, 0.3) is 0 Å². The Morgan fingerprint density at radius 2 is 1.82 bits per heavy atom. The number of aromatic nitrogens is 1. The van der Waals surface area contributed by atoms with Gasteiger partial charge in [-0.2, -0.15) is 0 Å². The second-order valence-corrected chi connectivity index (χ2v) is 4.45. The van der Waals surface area contributed by atoms with Gasteiger partial charge in [0.2, 0.25) is 0 Å². The van der Waals surface area contributed by atoms with E-state index in [4.69, 9.17) is 5.73 Å². The molecule has 2 N–H and O–H groups in total. The van der Waals surface area contributed by atoms with Crippen LogP contribution in [-0.4, -0.2) is 18.1 Å². The van der Waals surface area contributed by atoms with Crippen molar-refractivity contribution in [3.8, 4) is 0 Å². The molecule has 0 saturated heterocycles. The van der Waals surface area contributed by atoms with Gasteiger partial charge in [0.05, 0.1) is 0 Å². The number of pyridine rings is 1. The van der Waals surface area contributed by atoms with Crippen LogP contribution in [-0.2, 0) is 0 Å². The van der Waals surface area contributed by atoms with Crippen LogP contribution in [0.1, 0.15) is 51.6 Å². The molecule has 0 bridgehead atoms. The van der Waals surface area contributed by atoms with Crippen molar-refractivity contribution in [3.05, 3.63) is 23.9 Å². The molecule has 1 atom stereocenters. The highest BCUT2D eigenvalue weighted by molar-refractivity contribution is 5.39. The van der Waals surface area contributed by atoms with Crippen molar-refractivity contribution in [3.63, 3.8) is 0 Å². The van der Waals surface area contributed by atoms with E-state index in [1.54, 1.807) is 0 Å². The van der Waals surface area contributed by atoms with E-state index >= 15 is 0 Å². The topological polar surface area (TPSA) is 42.1 Å². The fourth-order valence-electron chi connectivity index (χ4n) is 1.92. The van der Waals surface area contributed by atoms with E-state index in [-0.39, 0.29) is 6.04 Å². The zero-order valence-electron chi connectivity index (χ0n) is 11.3. The average molecular weight is 235 g/mol. The molecule has 96 valence electrons. The van der Waals surface area contributed by atoms with Crippen LogP contribution in [0.4, 0.5) is 5.82 Å². The number of hydrogen-bond donors (Lipinski definition) is 1. The molecule has 0 aromatic carbocycles. The Kier molecular flexibility index (Phi) is 5.98. The maximum absolute atomic E-state index is 5.98. The van der Waals surface area contributed by atoms with E-state index in [1.807, 2.05) is 6.20 Å². The molecule has 0 aliphatic rings. The van der Waals surface area contributed by atoms with Crippen molar-refractivity contribution in [2.75, 3.05) is 18.0 Å². The Morgan fingerprint density at radius 3 is 2.24 bits per heavy atom. The summed E-state index contributed by atoms with van der Waals surface area (Å²) in [6.07, 6.45) is 5.17. The fraction of sp³-hybridized carbons (Fsp3) is 0.643. The summed E-state index contributed by atoms with van der Waals surface area (Å²) in [5.74, 6) is 1.07. The van der Waals surface area contributed by atoms with E-state index in [2.05, 4.69) is 42.8 Å². The van der Waals surface area contributed by atoms with Crippen LogP contribution < -0.4 is 10.6 Å². The summed E-state index contributed by atoms with van der Waals surface area (Å²) in [4.78, 5) is 6.87. The average Bonchev–Trinajstić information content (AvgIpc) is 2.38. The van der Waals surface area contributed by atoms with E-state index in [1.165, 1.54) is 0 Å². The van der Waals surface area contributed by atoms with E-state index in [0.717, 1.165) is 43.7 Å². The largest absolute Gasteiger partial charge is 0.357 e. The summed E-state index contributed by atoms with van der Waals surface area (Å²) in [5.41, 5.74) is 7.11. The number of nitrogens with two attached hydrogens (primary N) is 1. The van der Waals surface area contributed by atoms with Crippen molar-refractivity contribution in [1.82, 2.24) is 4.98 Å². The Bertz CT molecular complexity index is 302. The van der Waals surface area contributed by atoms with Crippen LogP contribution in [0.15, 0.2) is 18.3 Å². The van der Waals surface area contributed by atoms with Crippen molar-refractivity contribution in [1.29, 1.82) is 0 Å². The summed E-state index contributed by atoms with van der Waals surface area (Å²) in [7, 11) is 0. The molecule has 0 saturated carbocycles. The first-order chi connectivity index (χ1) is 8.22. The minimum absolute atomic E-state index is 0.113. The van der Waals surface area contributed by atoms with Gasteiger partial charge in [-0.3, -0.25) is 0 Å². The minimum Gasteiger partial charge on any atom is -0.357 e. The van der Waals surface area contributed by atoms with Gasteiger partial charge in [-0.05, 0) is 30.9 Å². The maximum Gasteiger partial charge on any atom is 0.128 e. The van der Waals surface area contributed by atoms with Crippen LogP contribution >= 0.6 is 0 Å². The molecule has 0 amide bonds. The zero-order valence-corrected chi connectivity index (χ0v) is 11.3. The normalized spacial score (nSPS) is 12.5.